The second-order valence-electron chi connectivity index (χ2n) is 3.53. The van der Waals surface area contributed by atoms with Crippen LogP contribution < -0.4 is 0 Å². The Morgan fingerprint density at radius 1 is 1.28 bits per heavy atom. The van der Waals surface area contributed by atoms with Crippen LogP contribution in [0.3, 0.4) is 0 Å². The van der Waals surface area contributed by atoms with E-state index in [4.69, 9.17) is 5.11 Å². The molecule has 0 aliphatic heterocycles. The lowest BCUT2D eigenvalue weighted by Crippen LogP contribution is -2.35. The SMILES string of the molecule is C=CCN(CC(=O)O)C(=O)c1cc(Br)cc(Br)c1. The van der Waals surface area contributed by atoms with Crippen LogP contribution >= 0.6 is 31.9 Å². The van der Waals surface area contributed by atoms with E-state index in [0.717, 1.165) is 8.95 Å². The van der Waals surface area contributed by atoms with Crippen molar-refractivity contribution in [3.05, 3.63) is 45.4 Å². The minimum Gasteiger partial charge on any atom is -0.480 e. The molecule has 0 aromatic heterocycles. The van der Waals surface area contributed by atoms with Gasteiger partial charge in [0.25, 0.3) is 5.91 Å². The monoisotopic (exact) mass is 375 g/mol. The molecule has 0 aliphatic rings. The van der Waals surface area contributed by atoms with Crippen LogP contribution in [0, 0.1) is 0 Å². The van der Waals surface area contributed by atoms with Gasteiger partial charge in [0.2, 0.25) is 0 Å². The Morgan fingerprint density at radius 2 is 1.83 bits per heavy atom. The number of rotatable bonds is 5. The third-order valence-electron chi connectivity index (χ3n) is 2.07. The fourth-order valence-electron chi connectivity index (χ4n) is 1.40. The third-order valence-corrected chi connectivity index (χ3v) is 2.99. The molecule has 0 heterocycles. The molecule has 1 rings (SSSR count). The van der Waals surface area contributed by atoms with Gasteiger partial charge in [0.05, 0.1) is 0 Å². The van der Waals surface area contributed by atoms with Crippen molar-refractivity contribution < 1.29 is 14.7 Å². The summed E-state index contributed by atoms with van der Waals surface area (Å²) in [6.07, 6.45) is 1.49. The summed E-state index contributed by atoms with van der Waals surface area (Å²) >= 11 is 6.57. The molecule has 1 amide bonds. The van der Waals surface area contributed by atoms with Crippen LogP contribution in [0.1, 0.15) is 10.4 Å². The molecule has 6 heteroatoms. The van der Waals surface area contributed by atoms with Gasteiger partial charge in [-0.25, -0.2) is 0 Å². The zero-order valence-electron chi connectivity index (χ0n) is 9.40. The summed E-state index contributed by atoms with van der Waals surface area (Å²) in [7, 11) is 0. The van der Waals surface area contributed by atoms with Crippen LogP contribution in [0.15, 0.2) is 39.8 Å². The molecule has 0 atom stereocenters. The van der Waals surface area contributed by atoms with E-state index in [0.29, 0.717) is 5.56 Å². The van der Waals surface area contributed by atoms with E-state index in [1.165, 1.54) is 11.0 Å². The molecule has 0 bridgehead atoms. The number of halogens is 2. The lowest BCUT2D eigenvalue weighted by atomic mass is 10.2. The van der Waals surface area contributed by atoms with Crippen molar-refractivity contribution in [2.75, 3.05) is 13.1 Å². The molecule has 1 aromatic carbocycles. The van der Waals surface area contributed by atoms with Crippen molar-refractivity contribution in [2.45, 2.75) is 0 Å². The number of hydrogen-bond acceptors (Lipinski definition) is 2. The standard InChI is InChI=1S/C12H11Br2NO3/c1-2-3-15(7-11(16)17)12(18)8-4-9(13)6-10(14)5-8/h2,4-6H,1,3,7H2,(H,16,17). The van der Waals surface area contributed by atoms with Crippen LogP contribution in [0.25, 0.3) is 0 Å². The fourth-order valence-corrected chi connectivity index (χ4v) is 2.69. The van der Waals surface area contributed by atoms with Gasteiger partial charge in [0.1, 0.15) is 6.54 Å². The summed E-state index contributed by atoms with van der Waals surface area (Å²) in [5, 5.41) is 8.77. The van der Waals surface area contributed by atoms with Gasteiger partial charge in [-0.15, -0.1) is 6.58 Å². The number of carbonyl (C=O) groups excluding carboxylic acids is 1. The van der Waals surface area contributed by atoms with Gasteiger partial charge in [-0.05, 0) is 18.2 Å². The van der Waals surface area contributed by atoms with E-state index in [1.807, 2.05) is 0 Å². The Bertz CT molecular complexity index is 468. The summed E-state index contributed by atoms with van der Waals surface area (Å²) in [5.74, 6) is -1.40. The van der Waals surface area contributed by atoms with Crippen molar-refractivity contribution in [2.24, 2.45) is 0 Å². The number of benzene rings is 1. The van der Waals surface area contributed by atoms with Crippen molar-refractivity contribution in [1.29, 1.82) is 0 Å². The number of amides is 1. The van der Waals surface area contributed by atoms with Crippen LogP contribution in [-0.2, 0) is 4.79 Å². The maximum Gasteiger partial charge on any atom is 0.323 e. The number of carboxylic acids is 1. The lowest BCUT2D eigenvalue weighted by molar-refractivity contribution is -0.137. The van der Waals surface area contributed by atoms with Gasteiger partial charge in [-0.2, -0.15) is 0 Å². The maximum absolute atomic E-state index is 12.1. The number of carbonyl (C=O) groups is 2. The highest BCUT2D eigenvalue weighted by Gasteiger charge is 2.18. The predicted molar refractivity (Wildman–Crippen MR) is 75.6 cm³/mol. The van der Waals surface area contributed by atoms with Gasteiger partial charge in [0.15, 0.2) is 0 Å². The molecule has 0 radical (unpaired) electrons. The Kier molecular flexibility index (Phi) is 5.55. The quantitative estimate of drug-likeness (QED) is 0.804. The Morgan fingerprint density at radius 3 is 2.28 bits per heavy atom. The van der Waals surface area contributed by atoms with Crippen molar-refractivity contribution in [1.82, 2.24) is 4.90 Å². The molecule has 0 spiro atoms. The smallest absolute Gasteiger partial charge is 0.323 e. The number of carboxylic acid groups (broad SMARTS) is 1. The highest BCUT2D eigenvalue weighted by atomic mass is 79.9. The third kappa shape index (κ3) is 4.27. The first-order chi connectivity index (χ1) is 8.43. The molecule has 0 saturated heterocycles. The van der Waals surface area contributed by atoms with Gasteiger partial charge in [0, 0.05) is 21.1 Å². The van der Waals surface area contributed by atoms with Gasteiger partial charge >= 0.3 is 5.97 Å². The van der Waals surface area contributed by atoms with Crippen LogP contribution in [-0.4, -0.2) is 35.0 Å². The highest BCUT2D eigenvalue weighted by molar-refractivity contribution is 9.11. The van der Waals surface area contributed by atoms with Crippen LogP contribution in [0.5, 0.6) is 0 Å². The van der Waals surface area contributed by atoms with E-state index in [9.17, 15) is 9.59 Å². The Labute approximate surface area is 122 Å². The first-order valence-electron chi connectivity index (χ1n) is 5.02. The fraction of sp³-hybridized carbons (Fsp3) is 0.167. The topological polar surface area (TPSA) is 57.6 Å². The lowest BCUT2D eigenvalue weighted by Gasteiger charge is -2.19. The summed E-state index contributed by atoms with van der Waals surface area (Å²) in [6, 6.07) is 5.09. The molecule has 0 fully saturated rings. The molecular weight excluding hydrogens is 366 g/mol. The van der Waals surface area contributed by atoms with Crippen LogP contribution in [0.2, 0.25) is 0 Å². The Balaban J connectivity index is 3.00. The predicted octanol–water partition coefficient (Wildman–Crippen LogP) is 2.92. The van der Waals surface area contributed by atoms with Crippen molar-refractivity contribution in [3.8, 4) is 0 Å². The molecule has 0 saturated carbocycles. The molecule has 1 aromatic rings. The second-order valence-corrected chi connectivity index (χ2v) is 5.36. The summed E-state index contributed by atoms with van der Waals surface area (Å²) in [5.41, 5.74) is 0.416. The van der Waals surface area contributed by atoms with E-state index in [1.54, 1.807) is 18.2 Å². The first kappa shape index (κ1) is 14.9. The van der Waals surface area contributed by atoms with Crippen molar-refractivity contribution in [3.63, 3.8) is 0 Å². The average molecular weight is 377 g/mol. The molecule has 4 nitrogen and oxygen atoms in total. The van der Waals surface area contributed by atoms with E-state index in [-0.39, 0.29) is 19.0 Å². The van der Waals surface area contributed by atoms with Gasteiger partial charge in [-0.3, -0.25) is 9.59 Å². The largest absolute Gasteiger partial charge is 0.480 e. The number of nitrogens with zero attached hydrogens (tertiary/aromatic N) is 1. The first-order valence-corrected chi connectivity index (χ1v) is 6.60. The number of hydrogen-bond donors (Lipinski definition) is 1. The molecule has 96 valence electrons. The molecule has 18 heavy (non-hydrogen) atoms. The zero-order valence-corrected chi connectivity index (χ0v) is 12.6. The summed E-state index contributed by atoms with van der Waals surface area (Å²) in [4.78, 5) is 24.1. The van der Waals surface area contributed by atoms with Gasteiger partial charge < -0.3 is 10.0 Å². The van der Waals surface area contributed by atoms with E-state index >= 15 is 0 Å². The zero-order chi connectivity index (χ0) is 13.7. The van der Waals surface area contributed by atoms with Gasteiger partial charge in [-0.1, -0.05) is 37.9 Å². The van der Waals surface area contributed by atoms with Crippen molar-refractivity contribution >= 4 is 43.7 Å². The average Bonchev–Trinajstić information content (AvgIpc) is 2.25. The highest BCUT2D eigenvalue weighted by Crippen LogP contribution is 2.21. The summed E-state index contributed by atoms with van der Waals surface area (Å²) in [6.45, 7) is 3.35. The minimum absolute atomic E-state index is 0.190. The summed E-state index contributed by atoms with van der Waals surface area (Å²) < 4.78 is 1.49. The minimum atomic E-state index is -1.06. The second kappa shape index (κ2) is 6.70. The van der Waals surface area contributed by atoms with E-state index < -0.39 is 5.97 Å². The van der Waals surface area contributed by atoms with E-state index in [2.05, 4.69) is 38.4 Å². The molecule has 1 N–H and O–H groups in total. The van der Waals surface area contributed by atoms with Crippen LogP contribution in [0.4, 0.5) is 0 Å². The number of aliphatic carboxylic acids is 1. The Hall–Kier alpha value is -1.14. The normalized spacial score (nSPS) is 9.89. The molecule has 0 unspecified atom stereocenters. The molecule has 0 aliphatic carbocycles. The maximum atomic E-state index is 12.1. The molecular formula is C12H11Br2NO3.